The van der Waals surface area contributed by atoms with E-state index in [1.165, 1.54) is 11.8 Å². The number of aromatic nitrogens is 3. The molecule has 1 heterocycles. The number of nitrogens with one attached hydrogen (secondary N) is 1. The van der Waals surface area contributed by atoms with Crippen LogP contribution < -0.4 is 5.32 Å². The minimum absolute atomic E-state index is 0.127. The number of amides is 1. The van der Waals surface area contributed by atoms with Gasteiger partial charge in [0.15, 0.2) is 5.16 Å². The van der Waals surface area contributed by atoms with E-state index in [-0.39, 0.29) is 11.7 Å². The van der Waals surface area contributed by atoms with Crippen molar-refractivity contribution in [2.24, 2.45) is 0 Å². The molecule has 1 aromatic heterocycles. The second-order valence-corrected chi connectivity index (χ2v) is 7.43. The lowest BCUT2D eigenvalue weighted by Gasteiger charge is -2.10. The number of ether oxygens (including phenoxy) is 1. The van der Waals surface area contributed by atoms with E-state index in [2.05, 4.69) is 27.6 Å². The lowest BCUT2D eigenvalue weighted by atomic mass is 10.1. The molecular formula is C20H21ClN4O2S. The van der Waals surface area contributed by atoms with Gasteiger partial charge in [-0.2, -0.15) is 0 Å². The van der Waals surface area contributed by atoms with Gasteiger partial charge in [0.1, 0.15) is 5.82 Å². The lowest BCUT2D eigenvalue weighted by molar-refractivity contribution is -0.113. The van der Waals surface area contributed by atoms with Crippen LogP contribution in [-0.2, 0) is 22.5 Å². The van der Waals surface area contributed by atoms with Gasteiger partial charge in [-0.1, -0.05) is 59.8 Å². The molecule has 8 heteroatoms. The Kier molecular flexibility index (Phi) is 7.47. The number of halogens is 1. The summed E-state index contributed by atoms with van der Waals surface area (Å²) in [6.07, 6.45) is 0.673. The highest BCUT2D eigenvalue weighted by molar-refractivity contribution is 7.99. The van der Waals surface area contributed by atoms with Crippen LogP contribution in [0.5, 0.6) is 0 Å². The molecule has 0 radical (unpaired) electrons. The fourth-order valence-corrected chi connectivity index (χ4v) is 3.61. The number of thioether (sulfide) groups is 1. The summed E-state index contributed by atoms with van der Waals surface area (Å²) in [6.45, 7) is 1.17. The summed E-state index contributed by atoms with van der Waals surface area (Å²) in [4.78, 5) is 12.3. The molecule has 0 fully saturated rings. The van der Waals surface area contributed by atoms with E-state index in [1.54, 1.807) is 31.4 Å². The van der Waals surface area contributed by atoms with Gasteiger partial charge in [0.25, 0.3) is 0 Å². The van der Waals surface area contributed by atoms with Crippen molar-refractivity contribution in [3.05, 3.63) is 71.0 Å². The molecule has 28 heavy (non-hydrogen) atoms. The predicted octanol–water partition coefficient (Wildman–Crippen LogP) is 3.90. The van der Waals surface area contributed by atoms with Gasteiger partial charge in [-0.15, -0.1) is 10.2 Å². The van der Waals surface area contributed by atoms with Gasteiger partial charge >= 0.3 is 0 Å². The maximum absolute atomic E-state index is 12.3. The molecule has 1 amide bonds. The third-order valence-corrected chi connectivity index (χ3v) is 5.16. The van der Waals surface area contributed by atoms with E-state index >= 15 is 0 Å². The minimum Gasteiger partial charge on any atom is -0.383 e. The Bertz CT molecular complexity index is 918. The van der Waals surface area contributed by atoms with E-state index in [0.29, 0.717) is 35.4 Å². The van der Waals surface area contributed by atoms with Crippen molar-refractivity contribution in [3.63, 3.8) is 0 Å². The standard InChI is InChI=1S/C20H21ClN4O2S/c1-27-11-10-25-18(12-15-6-3-2-4-7-15)23-24-20(25)28-14-19(26)22-17-9-5-8-16(21)13-17/h2-9,13H,10-12,14H2,1H3,(H,22,26). The largest absolute Gasteiger partial charge is 0.383 e. The van der Waals surface area contributed by atoms with E-state index in [1.807, 2.05) is 22.8 Å². The number of carbonyl (C=O) groups excluding carboxylic acids is 1. The molecule has 1 N–H and O–H groups in total. The monoisotopic (exact) mass is 416 g/mol. The molecular weight excluding hydrogens is 396 g/mol. The van der Waals surface area contributed by atoms with Crippen LogP contribution in [0.15, 0.2) is 59.8 Å². The Balaban J connectivity index is 1.66. The Hall–Kier alpha value is -2.35. The number of methoxy groups -OCH3 is 1. The zero-order valence-electron chi connectivity index (χ0n) is 15.5. The summed E-state index contributed by atoms with van der Waals surface area (Å²) >= 11 is 7.30. The molecule has 0 saturated carbocycles. The van der Waals surface area contributed by atoms with E-state index in [4.69, 9.17) is 16.3 Å². The molecule has 2 aromatic carbocycles. The maximum atomic E-state index is 12.3. The number of hydrogen-bond acceptors (Lipinski definition) is 5. The van der Waals surface area contributed by atoms with Crippen LogP contribution in [-0.4, -0.2) is 40.1 Å². The Morgan fingerprint density at radius 2 is 2.00 bits per heavy atom. The summed E-state index contributed by atoms with van der Waals surface area (Å²) in [5.41, 5.74) is 1.83. The molecule has 146 valence electrons. The van der Waals surface area contributed by atoms with E-state index in [0.717, 1.165) is 11.4 Å². The first-order chi connectivity index (χ1) is 13.7. The summed E-state index contributed by atoms with van der Waals surface area (Å²) in [6, 6.07) is 17.2. The van der Waals surface area contributed by atoms with Crippen molar-refractivity contribution in [2.45, 2.75) is 18.1 Å². The molecule has 3 aromatic rings. The Morgan fingerprint density at radius 3 is 2.75 bits per heavy atom. The van der Waals surface area contributed by atoms with Gasteiger partial charge in [0, 0.05) is 30.8 Å². The first kappa shape index (κ1) is 20.4. The Labute approximate surface area is 173 Å². The van der Waals surface area contributed by atoms with Crippen molar-refractivity contribution in [2.75, 3.05) is 24.8 Å². The number of nitrogens with zero attached hydrogens (tertiary/aromatic N) is 3. The molecule has 6 nitrogen and oxygen atoms in total. The minimum atomic E-state index is -0.127. The van der Waals surface area contributed by atoms with Gasteiger partial charge in [0.2, 0.25) is 5.91 Å². The summed E-state index contributed by atoms with van der Waals surface area (Å²) in [5, 5.41) is 12.7. The van der Waals surface area contributed by atoms with Crippen molar-refractivity contribution in [3.8, 4) is 0 Å². The van der Waals surface area contributed by atoms with Gasteiger partial charge < -0.3 is 14.6 Å². The van der Waals surface area contributed by atoms with Gasteiger partial charge in [-0.3, -0.25) is 4.79 Å². The zero-order chi connectivity index (χ0) is 19.8. The number of anilines is 1. The molecule has 3 rings (SSSR count). The third-order valence-electron chi connectivity index (χ3n) is 3.96. The van der Waals surface area contributed by atoms with E-state index in [9.17, 15) is 4.79 Å². The number of hydrogen-bond donors (Lipinski definition) is 1. The average molecular weight is 417 g/mol. The fourth-order valence-electron chi connectivity index (χ4n) is 2.64. The van der Waals surface area contributed by atoms with Crippen LogP contribution in [0.25, 0.3) is 0 Å². The predicted molar refractivity (Wildman–Crippen MR) is 112 cm³/mol. The van der Waals surface area contributed by atoms with Crippen LogP contribution in [0.3, 0.4) is 0 Å². The molecule has 0 saturated heterocycles. The average Bonchev–Trinajstić information content (AvgIpc) is 3.07. The molecule has 0 atom stereocenters. The number of carbonyl (C=O) groups is 1. The van der Waals surface area contributed by atoms with Crippen molar-refractivity contribution < 1.29 is 9.53 Å². The molecule has 0 spiro atoms. The second kappa shape index (κ2) is 10.3. The van der Waals surface area contributed by atoms with Crippen LogP contribution in [0.4, 0.5) is 5.69 Å². The third kappa shape index (κ3) is 5.82. The first-order valence-corrected chi connectivity index (χ1v) is 10.1. The van der Waals surface area contributed by atoms with Gasteiger partial charge in [-0.05, 0) is 23.8 Å². The van der Waals surface area contributed by atoms with Gasteiger partial charge in [-0.25, -0.2) is 0 Å². The topological polar surface area (TPSA) is 69.0 Å². The molecule has 0 aliphatic rings. The smallest absolute Gasteiger partial charge is 0.234 e. The number of benzene rings is 2. The summed E-state index contributed by atoms with van der Waals surface area (Å²) in [7, 11) is 1.66. The van der Waals surface area contributed by atoms with Crippen LogP contribution in [0.1, 0.15) is 11.4 Å². The van der Waals surface area contributed by atoms with E-state index < -0.39 is 0 Å². The molecule has 0 unspecified atom stereocenters. The maximum Gasteiger partial charge on any atom is 0.234 e. The van der Waals surface area contributed by atoms with Crippen molar-refractivity contribution in [1.29, 1.82) is 0 Å². The molecule has 0 aliphatic carbocycles. The normalized spacial score (nSPS) is 10.8. The quantitative estimate of drug-likeness (QED) is 0.536. The van der Waals surface area contributed by atoms with Crippen molar-refractivity contribution in [1.82, 2.24) is 14.8 Å². The van der Waals surface area contributed by atoms with Crippen LogP contribution in [0, 0.1) is 0 Å². The lowest BCUT2D eigenvalue weighted by Crippen LogP contribution is -2.15. The number of rotatable bonds is 9. The second-order valence-electron chi connectivity index (χ2n) is 6.05. The summed E-state index contributed by atoms with van der Waals surface area (Å²) in [5.74, 6) is 0.947. The molecule has 0 bridgehead atoms. The first-order valence-electron chi connectivity index (χ1n) is 8.79. The van der Waals surface area contributed by atoms with Crippen molar-refractivity contribution >= 4 is 35.0 Å². The fraction of sp³-hybridized carbons (Fsp3) is 0.250. The SMILES string of the molecule is COCCn1c(Cc2ccccc2)nnc1SCC(=O)Nc1cccc(Cl)c1. The highest BCUT2D eigenvalue weighted by atomic mass is 35.5. The Morgan fingerprint density at radius 1 is 1.18 bits per heavy atom. The highest BCUT2D eigenvalue weighted by Gasteiger charge is 2.15. The van der Waals surface area contributed by atoms with Crippen LogP contribution in [0.2, 0.25) is 5.02 Å². The van der Waals surface area contributed by atoms with Crippen LogP contribution >= 0.6 is 23.4 Å². The summed E-state index contributed by atoms with van der Waals surface area (Å²) < 4.78 is 7.22. The van der Waals surface area contributed by atoms with Gasteiger partial charge in [0.05, 0.1) is 12.4 Å². The zero-order valence-corrected chi connectivity index (χ0v) is 17.0. The highest BCUT2D eigenvalue weighted by Crippen LogP contribution is 2.20. The molecule has 0 aliphatic heterocycles.